The van der Waals surface area contributed by atoms with E-state index in [1.165, 1.54) is 0 Å². The first kappa shape index (κ1) is 7.58. The number of nitrogens with two attached hydrogens (primary N) is 1. The summed E-state index contributed by atoms with van der Waals surface area (Å²) >= 11 is 0. The van der Waals surface area contributed by atoms with Crippen molar-refractivity contribution in [2.45, 2.75) is 26.7 Å². The minimum atomic E-state index is -0.114. The van der Waals surface area contributed by atoms with Gasteiger partial charge in [0.05, 0.1) is 0 Å². The molecule has 1 fully saturated rings. The van der Waals surface area contributed by atoms with Crippen molar-refractivity contribution in [3.05, 3.63) is 0 Å². The topological polar surface area (TPSA) is 43.1 Å². The van der Waals surface area contributed by atoms with E-state index in [9.17, 15) is 4.79 Å². The monoisotopic (exact) mass is 141 g/mol. The molecule has 0 aliphatic heterocycles. The highest BCUT2D eigenvalue weighted by molar-refractivity contribution is 5.77. The van der Waals surface area contributed by atoms with Gasteiger partial charge >= 0.3 is 0 Å². The number of carbonyl (C=O) groups excluding carboxylic acids is 1. The molecule has 0 saturated heterocycles. The summed E-state index contributed by atoms with van der Waals surface area (Å²) in [4.78, 5) is 10.6. The lowest BCUT2D eigenvalue weighted by Gasteiger charge is -2.35. The lowest BCUT2D eigenvalue weighted by Crippen LogP contribution is -2.37. The van der Waals surface area contributed by atoms with Gasteiger partial charge in [-0.15, -0.1) is 0 Å². The van der Waals surface area contributed by atoms with Crippen LogP contribution in [0.4, 0.5) is 0 Å². The number of carbonyl (C=O) groups is 1. The molecule has 0 atom stereocenters. The first-order valence-corrected chi connectivity index (χ1v) is 3.90. The standard InChI is InChI=1S/C8H15NO/c1-5(2)6-3-7(4-6)8(9)10/h5-7H,3-4H2,1-2H3,(H2,9,10). The van der Waals surface area contributed by atoms with E-state index in [4.69, 9.17) is 5.73 Å². The van der Waals surface area contributed by atoms with Gasteiger partial charge in [-0.3, -0.25) is 4.79 Å². The van der Waals surface area contributed by atoms with E-state index < -0.39 is 0 Å². The summed E-state index contributed by atoms with van der Waals surface area (Å²) in [6.45, 7) is 4.39. The van der Waals surface area contributed by atoms with Gasteiger partial charge in [0.2, 0.25) is 5.91 Å². The SMILES string of the molecule is CC(C)C1CC(C(N)=O)C1. The lowest BCUT2D eigenvalue weighted by molar-refractivity contribution is -0.126. The Hall–Kier alpha value is -0.530. The maximum Gasteiger partial charge on any atom is 0.220 e. The number of amides is 1. The summed E-state index contributed by atoms with van der Waals surface area (Å²) in [5, 5.41) is 0. The molecule has 2 nitrogen and oxygen atoms in total. The highest BCUT2D eigenvalue weighted by Gasteiger charge is 2.34. The third kappa shape index (κ3) is 1.31. The molecular formula is C8H15NO. The molecule has 10 heavy (non-hydrogen) atoms. The molecule has 1 amide bonds. The van der Waals surface area contributed by atoms with Crippen molar-refractivity contribution < 1.29 is 4.79 Å². The quantitative estimate of drug-likeness (QED) is 0.616. The van der Waals surface area contributed by atoms with Gasteiger partial charge < -0.3 is 5.73 Å². The van der Waals surface area contributed by atoms with E-state index in [0.717, 1.165) is 24.7 Å². The molecule has 0 aromatic carbocycles. The van der Waals surface area contributed by atoms with E-state index in [0.29, 0.717) is 0 Å². The molecule has 0 radical (unpaired) electrons. The molecule has 0 unspecified atom stereocenters. The summed E-state index contributed by atoms with van der Waals surface area (Å²) in [6, 6.07) is 0. The van der Waals surface area contributed by atoms with Crippen LogP contribution in [0.1, 0.15) is 26.7 Å². The summed E-state index contributed by atoms with van der Waals surface area (Å²) in [6.07, 6.45) is 2.04. The molecule has 2 heteroatoms. The summed E-state index contributed by atoms with van der Waals surface area (Å²) in [7, 11) is 0. The average Bonchev–Trinajstić information content (AvgIpc) is 1.56. The molecular weight excluding hydrogens is 126 g/mol. The molecule has 1 rings (SSSR count). The smallest absolute Gasteiger partial charge is 0.220 e. The zero-order valence-corrected chi connectivity index (χ0v) is 6.63. The predicted molar refractivity (Wildman–Crippen MR) is 40.2 cm³/mol. The van der Waals surface area contributed by atoms with Crippen LogP contribution in [0.25, 0.3) is 0 Å². The van der Waals surface area contributed by atoms with E-state index >= 15 is 0 Å². The van der Waals surface area contributed by atoms with Gasteiger partial charge in [-0.1, -0.05) is 13.8 Å². The minimum absolute atomic E-state index is 0.114. The van der Waals surface area contributed by atoms with Crippen LogP contribution in [0.5, 0.6) is 0 Å². The van der Waals surface area contributed by atoms with E-state index in [-0.39, 0.29) is 11.8 Å². The molecule has 1 saturated carbocycles. The van der Waals surface area contributed by atoms with E-state index in [2.05, 4.69) is 13.8 Å². The Balaban J connectivity index is 2.24. The van der Waals surface area contributed by atoms with Gasteiger partial charge in [-0.05, 0) is 24.7 Å². The molecule has 1 aliphatic carbocycles. The molecule has 0 aromatic heterocycles. The molecule has 0 spiro atoms. The Morgan fingerprint density at radius 2 is 2.00 bits per heavy atom. The third-order valence-electron chi connectivity index (χ3n) is 2.52. The van der Waals surface area contributed by atoms with Crippen LogP contribution in [-0.4, -0.2) is 5.91 Å². The Morgan fingerprint density at radius 3 is 2.30 bits per heavy atom. The fourth-order valence-electron chi connectivity index (χ4n) is 1.44. The van der Waals surface area contributed by atoms with Crippen LogP contribution in [0, 0.1) is 17.8 Å². The van der Waals surface area contributed by atoms with Gasteiger partial charge in [0.25, 0.3) is 0 Å². The van der Waals surface area contributed by atoms with Crippen molar-refractivity contribution in [1.82, 2.24) is 0 Å². The van der Waals surface area contributed by atoms with Crippen LogP contribution in [-0.2, 0) is 4.79 Å². The highest BCUT2D eigenvalue weighted by atomic mass is 16.1. The zero-order chi connectivity index (χ0) is 7.72. The van der Waals surface area contributed by atoms with Crippen molar-refractivity contribution in [3.63, 3.8) is 0 Å². The first-order valence-electron chi connectivity index (χ1n) is 3.90. The molecule has 2 N–H and O–H groups in total. The second-order valence-electron chi connectivity index (χ2n) is 3.57. The maximum atomic E-state index is 10.6. The largest absolute Gasteiger partial charge is 0.369 e. The van der Waals surface area contributed by atoms with Crippen LogP contribution < -0.4 is 5.73 Å². The van der Waals surface area contributed by atoms with Crippen LogP contribution in [0.3, 0.4) is 0 Å². The van der Waals surface area contributed by atoms with Crippen molar-refractivity contribution >= 4 is 5.91 Å². The molecule has 0 heterocycles. The van der Waals surface area contributed by atoms with Crippen LogP contribution in [0.2, 0.25) is 0 Å². The third-order valence-corrected chi connectivity index (χ3v) is 2.52. The van der Waals surface area contributed by atoms with Gasteiger partial charge in [0.1, 0.15) is 0 Å². The zero-order valence-electron chi connectivity index (χ0n) is 6.63. The summed E-state index contributed by atoms with van der Waals surface area (Å²) in [5.74, 6) is 1.54. The van der Waals surface area contributed by atoms with Gasteiger partial charge in [-0.25, -0.2) is 0 Å². The van der Waals surface area contributed by atoms with Crippen molar-refractivity contribution in [1.29, 1.82) is 0 Å². The first-order chi connectivity index (χ1) is 4.61. The maximum absolute atomic E-state index is 10.6. The average molecular weight is 141 g/mol. The molecule has 58 valence electrons. The molecule has 1 aliphatic rings. The number of hydrogen-bond donors (Lipinski definition) is 1. The number of hydrogen-bond acceptors (Lipinski definition) is 1. The van der Waals surface area contributed by atoms with Crippen molar-refractivity contribution in [3.8, 4) is 0 Å². The fraction of sp³-hybridized carbons (Fsp3) is 0.875. The van der Waals surface area contributed by atoms with E-state index in [1.807, 2.05) is 0 Å². The molecule has 0 aromatic rings. The normalized spacial score (nSPS) is 31.9. The number of rotatable bonds is 2. The minimum Gasteiger partial charge on any atom is -0.369 e. The van der Waals surface area contributed by atoms with Crippen molar-refractivity contribution in [2.75, 3.05) is 0 Å². The molecule has 0 bridgehead atoms. The summed E-state index contributed by atoms with van der Waals surface area (Å²) in [5.41, 5.74) is 5.12. The fourth-order valence-corrected chi connectivity index (χ4v) is 1.44. The number of primary amides is 1. The lowest BCUT2D eigenvalue weighted by atomic mass is 9.69. The Morgan fingerprint density at radius 1 is 1.50 bits per heavy atom. The second-order valence-corrected chi connectivity index (χ2v) is 3.57. The van der Waals surface area contributed by atoms with Gasteiger partial charge in [0.15, 0.2) is 0 Å². The van der Waals surface area contributed by atoms with Crippen LogP contribution in [0.15, 0.2) is 0 Å². The van der Waals surface area contributed by atoms with Gasteiger partial charge in [0, 0.05) is 5.92 Å². The Kier molecular flexibility index (Phi) is 1.97. The summed E-state index contributed by atoms with van der Waals surface area (Å²) < 4.78 is 0. The second kappa shape index (κ2) is 2.60. The van der Waals surface area contributed by atoms with Gasteiger partial charge in [-0.2, -0.15) is 0 Å². The Bertz CT molecular complexity index is 136. The van der Waals surface area contributed by atoms with Crippen molar-refractivity contribution in [2.24, 2.45) is 23.5 Å². The van der Waals surface area contributed by atoms with E-state index in [1.54, 1.807) is 0 Å². The Labute approximate surface area is 61.8 Å². The predicted octanol–water partition coefficient (Wildman–Crippen LogP) is 1.15. The highest BCUT2D eigenvalue weighted by Crippen LogP contribution is 2.38. The van der Waals surface area contributed by atoms with Crippen LogP contribution >= 0.6 is 0 Å².